The summed E-state index contributed by atoms with van der Waals surface area (Å²) in [4.78, 5) is 14.3. The van der Waals surface area contributed by atoms with Gasteiger partial charge in [-0.2, -0.15) is 15.0 Å². The van der Waals surface area contributed by atoms with Gasteiger partial charge in [0.15, 0.2) is 0 Å². The van der Waals surface area contributed by atoms with Gasteiger partial charge >= 0.3 is 0 Å². The monoisotopic (exact) mass is 354 g/mol. The molecule has 0 aliphatic rings. The van der Waals surface area contributed by atoms with Crippen molar-refractivity contribution in [3.63, 3.8) is 0 Å². The van der Waals surface area contributed by atoms with Gasteiger partial charge in [0.05, 0.1) is 5.69 Å². The lowest BCUT2D eigenvalue weighted by atomic mass is 10.3. The quantitative estimate of drug-likeness (QED) is 0.859. The van der Waals surface area contributed by atoms with Crippen molar-refractivity contribution in [3.8, 4) is 0 Å². The molecule has 6 nitrogen and oxygen atoms in total. The number of hydrogen-bond donors (Lipinski definition) is 2. The van der Waals surface area contributed by atoms with E-state index in [1.807, 2.05) is 18.7 Å². The highest BCUT2D eigenvalue weighted by Crippen LogP contribution is 2.27. The summed E-state index contributed by atoms with van der Waals surface area (Å²) in [5.41, 5.74) is 5.96. The molecule has 2 rings (SSSR count). The van der Waals surface area contributed by atoms with Gasteiger partial charge in [-0.3, -0.25) is 0 Å². The van der Waals surface area contributed by atoms with Crippen molar-refractivity contribution in [3.05, 3.63) is 28.5 Å². The minimum Gasteiger partial charge on any atom is -0.368 e. The molecule has 8 heteroatoms. The fraction of sp³-hybridized carbons (Fsp3) is 0.308. The van der Waals surface area contributed by atoms with Crippen molar-refractivity contribution in [1.82, 2.24) is 15.0 Å². The van der Waals surface area contributed by atoms with Crippen LogP contribution in [0.1, 0.15) is 13.8 Å². The molecule has 0 atom stereocenters. The third-order valence-corrected chi connectivity index (χ3v) is 3.55. The molecular formula is C13H16BrFN6. The third-order valence-electron chi connectivity index (χ3n) is 2.89. The number of anilines is 4. The maximum Gasteiger partial charge on any atom is 0.233 e. The number of nitrogens with one attached hydrogen (secondary N) is 1. The number of hydrogen-bond acceptors (Lipinski definition) is 6. The van der Waals surface area contributed by atoms with Gasteiger partial charge in [-0.25, -0.2) is 4.39 Å². The fourth-order valence-electron chi connectivity index (χ4n) is 1.81. The Bertz CT molecular complexity index is 612. The van der Waals surface area contributed by atoms with E-state index in [-0.39, 0.29) is 17.6 Å². The Morgan fingerprint density at radius 1 is 1.24 bits per heavy atom. The molecule has 0 amide bonds. The molecule has 0 saturated heterocycles. The summed E-state index contributed by atoms with van der Waals surface area (Å²) in [7, 11) is 0. The van der Waals surface area contributed by atoms with Gasteiger partial charge in [0.1, 0.15) is 5.82 Å². The maximum atomic E-state index is 13.8. The van der Waals surface area contributed by atoms with Crippen LogP contribution in [0.2, 0.25) is 0 Å². The lowest BCUT2D eigenvalue weighted by Crippen LogP contribution is -2.25. The number of halogens is 2. The molecule has 0 saturated carbocycles. The van der Waals surface area contributed by atoms with E-state index in [0.29, 0.717) is 10.4 Å². The Hall–Kier alpha value is -1.96. The van der Waals surface area contributed by atoms with Crippen LogP contribution >= 0.6 is 15.9 Å². The Kier molecular flexibility index (Phi) is 4.89. The molecule has 0 aliphatic carbocycles. The highest BCUT2D eigenvalue weighted by atomic mass is 79.9. The van der Waals surface area contributed by atoms with Crippen LogP contribution in [0.3, 0.4) is 0 Å². The van der Waals surface area contributed by atoms with Crippen LogP contribution in [0.5, 0.6) is 0 Å². The minimum absolute atomic E-state index is 0.0851. The fourth-order valence-corrected chi connectivity index (χ4v) is 2.25. The first-order chi connectivity index (χ1) is 10.0. The topological polar surface area (TPSA) is 80.0 Å². The predicted molar refractivity (Wildman–Crippen MR) is 85.2 cm³/mol. The van der Waals surface area contributed by atoms with Gasteiger partial charge in [0.2, 0.25) is 17.8 Å². The van der Waals surface area contributed by atoms with Gasteiger partial charge in [-0.1, -0.05) is 6.07 Å². The van der Waals surface area contributed by atoms with Gasteiger partial charge in [-0.15, -0.1) is 0 Å². The zero-order valence-electron chi connectivity index (χ0n) is 11.8. The number of nitrogens with two attached hydrogens (primary N) is 1. The Balaban J connectivity index is 2.36. The van der Waals surface area contributed by atoms with E-state index in [9.17, 15) is 4.39 Å². The van der Waals surface area contributed by atoms with E-state index < -0.39 is 5.82 Å². The zero-order chi connectivity index (χ0) is 15.4. The highest BCUT2D eigenvalue weighted by Gasteiger charge is 2.12. The molecule has 1 aromatic heterocycles. The van der Waals surface area contributed by atoms with E-state index in [2.05, 4.69) is 36.2 Å². The number of nitrogens with zero attached hydrogens (tertiary/aromatic N) is 4. The third kappa shape index (κ3) is 3.57. The van der Waals surface area contributed by atoms with E-state index in [4.69, 9.17) is 5.73 Å². The first kappa shape index (κ1) is 15.4. The molecule has 1 aromatic carbocycles. The Morgan fingerprint density at radius 2 is 1.95 bits per heavy atom. The molecule has 0 bridgehead atoms. The maximum absolute atomic E-state index is 13.8. The summed E-state index contributed by atoms with van der Waals surface area (Å²) in [6.07, 6.45) is 0. The zero-order valence-corrected chi connectivity index (χ0v) is 13.4. The minimum atomic E-state index is -0.409. The average Bonchev–Trinajstić information content (AvgIpc) is 2.44. The van der Waals surface area contributed by atoms with E-state index >= 15 is 0 Å². The first-order valence-corrected chi connectivity index (χ1v) is 7.32. The van der Waals surface area contributed by atoms with Gasteiger partial charge < -0.3 is 16.0 Å². The van der Waals surface area contributed by atoms with Crippen molar-refractivity contribution in [2.75, 3.05) is 29.0 Å². The van der Waals surface area contributed by atoms with Crippen LogP contribution in [0.25, 0.3) is 0 Å². The predicted octanol–water partition coefficient (Wildman–Crippen LogP) is 2.95. The lowest BCUT2D eigenvalue weighted by molar-refractivity contribution is 0.631. The standard InChI is InChI=1S/C13H16BrFN6/c1-3-21(4-2)13-19-11(16)18-12(20-13)17-10-8(14)6-5-7-9(10)15/h5-7H,3-4H2,1-2H3,(H3,16,17,18,19,20). The molecule has 0 unspecified atom stereocenters. The summed E-state index contributed by atoms with van der Waals surface area (Å²) in [5.74, 6) is 0.340. The lowest BCUT2D eigenvalue weighted by Gasteiger charge is -2.19. The van der Waals surface area contributed by atoms with Crippen molar-refractivity contribution >= 4 is 39.5 Å². The molecule has 1 heterocycles. The normalized spacial score (nSPS) is 10.5. The van der Waals surface area contributed by atoms with Crippen LogP contribution < -0.4 is 16.0 Å². The molecule has 0 radical (unpaired) electrons. The van der Waals surface area contributed by atoms with Crippen molar-refractivity contribution in [1.29, 1.82) is 0 Å². The number of nitrogen functional groups attached to an aromatic ring is 1. The van der Waals surface area contributed by atoms with Crippen molar-refractivity contribution in [2.45, 2.75) is 13.8 Å². The van der Waals surface area contributed by atoms with Crippen LogP contribution in [0.4, 0.5) is 27.9 Å². The highest BCUT2D eigenvalue weighted by molar-refractivity contribution is 9.10. The summed E-state index contributed by atoms with van der Waals surface area (Å²) < 4.78 is 14.4. The van der Waals surface area contributed by atoms with E-state index in [1.165, 1.54) is 6.07 Å². The van der Waals surface area contributed by atoms with Crippen LogP contribution in [0, 0.1) is 5.82 Å². The van der Waals surface area contributed by atoms with Crippen molar-refractivity contribution < 1.29 is 4.39 Å². The van der Waals surface area contributed by atoms with Crippen LogP contribution in [0.15, 0.2) is 22.7 Å². The second-order valence-electron chi connectivity index (χ2n) is 4.21. The van der Waals surface area contributed by atoms with Crippen molar-refractivity contribution in [2.24, 2.45) is 0 Å². The molecule has 0 aliphatic heterocycles. The second kappa shape index (κ2) is 6.66. The molecule has 112 valence electrons. The number of aromatic nitrogens is 3. The number of benzene rings is 1. The summed E-state index contributed by atoms with van der Waals surface area (Å²) in [5, 5.41) is 2.83. The largest absolute Gasteiger partial charge is 0.368 e. The van der Waals surface area contributed by atoms with Gasteiger partial charge in [-0.05, 0) is 41.9 Å². The SMILES string of the molecule is CCN(CC)c1nc(N)nc(Nc2c(F)cccc2Br)n1. The summed E-state index contributed by atoms with van der Waals surface area (Å²) in [6.45, 7) is 5.46. The molecule has 0 spiro atoms. The van der Waals surface area contributed by atoms with E-state index in [1.54, 1.807) is 12.1 Å². The summed E-state index contributed by atoms with van der Waals surface area (Å²) >= 11 is 3.28. The summed E-state index contributed by atoms with van der Waals surface area (Å²) in [6, 6.07) is 4.68. The average molecular weight is 355 g/mol. The Morgan fingerprint density at radius 3 is 2.57 bits per heavy atom. The molecule has 3 N–H and O–H groups in total. The van der Waals surface area contributed by atoms with Crippen LogP contribution in [-0.4, -0.2) is 28.0 Å². The van der Waals surface area contributed by atoms with Gasteiger partial charge in [0.25, 0.3) is 0 Å². The second-order valence-corrected chi connectivity index (χ2v) is 5.07. The van der Waals surface area contributed by atoms with Crippen LogP contribution in [-0.2, 0) is 0 Å². The first-order valence-electron chi connectivity index (χ1n) is 6.52. The molecule has 0 fully saturated rings. The molecular weight excluding hydrogens is 339 g/mol. The number of rotatable bonds is 5. The number of para-hydroxylation sites is 1. The van der Waals surface area contributed by atoms with Gasteiger partial charge in [0, 0.05) is 17.6 Å². The Labute approximate surface area is 130 Å². The smallest absolute Gasteiger partial charge is 0.233 e. The van der Waals surface area contributed by atoms with E-state index in [0.717, 1.165) is 13.1 Å². The molecule has 21 heavy (non-hydrogen) atoms. The molecule has 2 aromatic rings.